The molecule has 0 aliphatic carbocycles. The third kappa shape index (κ3) is 3.59. The Morgan fingerprint density at radius 1 is 1.00 bits per heavy atom. The quantitative estimate of drug-likeness (QED) is 0.546. The van der Waals surface area contributed by atoms with E-state index in [-0.39, 0.29) is 6.61 Å². The minimum Gasteiger partial charge on any atom is -0.392 e. The summed E-state index contributed by atoms with van der Waals surface area (Å²) in [4.78, 5) is 0. The van der Waals surface area contributed by atoms with E-state index in [9.17, 15) is 5.11 Å². The Morgan fingerprint density at radius 3 is 1.94 bits per heavy atom. The average molecular weight is 226 g/mol. The highest BCUT2D eigenvalue weighted by Gasteiger charge is 2.13. The molecule has 0 aliphatic heterocycles. The first-order chi connectivity index (χ1) is 7.57. The number of aliphatic hydroxyl groups excluding tert-OH is 1. The zero-order valence-corrected chi connectivity index (χ0v) is 10.4. The number of rotatable bonds is 3. The molecule has 0 unspecified atom stereocenters. The molecule has 0 saturated carbocycles. The van der Waals surface area contributed by atoms with Gasteiger partial charge in [-0.2, -0.15) is 0 Å². The van der Waals surface area contributed by atoms with Crippen molar-refractivity contribution in [2.75, 3.05) is 0 Å². The first kappa shape index (κ1) is 15.1. The van der Waals surface area contributed by atoms with E-state index in [0.29, 0.717) is 11.8 Å². The second-order valence-electron chi connectivity index (χ2n) is 4.39. The topological polar surface area (TPSA) is 60.7 Å². The van der Waals surface area contributed by atoms with Crippen molar-refractivity contribution < 1.29 is 15.6 Å². The molecule has 1 rings (SSSR count). The van der Waals surface area contributed by atoms with Crippen LogP contribution in [0.2, 0.25) is 0 Å². The molecule has 0 saturated heterocycles. The average Bonchev–Trinajstić information content (AvgIpc) is 2.30. The van der Waals surface area contributed by atoms with Gasteiger partial charge in [0.2, 0.25) is 0 Å². The first-order valence-corrected chi connectivity index (χ1v) is 5.50. The molecule has 0 atom stereocenters. The van der Waals surface area contributed by atoms with Crippen LogP contribution in [0.5, 0.6) is 0 Å². The van der Waals surface area contributed by atoms with Crippen LogP contribution in [0.3, 0.4) is 0 Å². The Morgan fingerprint density at radius 2 is 1.56 bits per heavy atom. The van der Waals surface area contributed by atoms with Gasteiger partial charge in [-0.1, -0.05) is 45.9 Å². The predicted molar refractivity (Wildman–Crippen MR) is 65.8 cm³/mol. The fraction of sp³-hybridized carbons (Fsp3) is 0.538. The second-order valence-corrected chi connectivity index (χ2v) is 4.39. The molecule has 0 fully saturated rings. The maximum absolute atomic E-state index is 9.27. The lowest BCUT2D eigenvalue weighted by Gasteiger charge is -2.19. The third-order valence-corrected chi connectivity index (χ3v) is 2.60. The summed E-state index contributed by atoms with van der Waals surface area (Å²) >= 11 is 0. The van der Waals surface area contributed by atoms with Crippen molar-refractivity contribution >= 4 is 0 Å². The monoisotopic (exact) mass is 226 g/mol. The van der Waals surface area contributed by atoms with Crippen LogP contribution < -0.4 is 0 Å². The molecule has 0 bridgehead atoms. The van der Waals surface area contributed by atoms with Crippen molar-refractivity contribution in [3.05, 3.63) is 34.9 Å². The van der Waals surface area contributed by atoms with Crippen molar-refractivity contribution in [3.8, 4) is 0 Å². The molecule has 16 heavy (non-hydrogen) atoms. The molecule has 0 spiro atoms. The van der Waals surface area contributed by atoms with Gasteiger partial charge in [0.25, 0.3) is 0 Å². The van der Waals surface area contributed by atoms with Crippen LogP contribution in [-0.4, -0.2) is 15.6 Å². The van der Waals surface area contributed by atoms with E-state index >= 15 is 0 Å². The summed E-state index contributed by atoms with van der Waals surface area (Å²) < 4.78 is 0. The van der Waals surface area contributed by atoms with Gasteiger partial charge in [0.1, 0.15) is 0 Å². The van der Waals surface area contributed by atoms with Crippen LogP contribution in [0.1, 0.15) is 56.2 Å². The van der Waals surface area contributed by atoms with E-state index in [0.717, 1.165) is 5.56 Å². The SMILES string of the molecule is CC(C)c1cccc(CO)c1C(C)C.OO. The third-order valence-electron chi connectivity index (χ3n) is 2.60. The number of aliphatic hydroxyl groups is 1. The zero-order chi connectivity index (χ0) is 12.7. The van der Waals surface area contributed by atoms with Gasteiger partial charge >= 0.3 is 0 Å². The Balaban J connectivity index is 0.00000106. The van der Waals surface area contributed by atoms with E-state index in [2.05, 4.69) is 33.8 Å². The van der Waals surface area contributed by atoms with Crippen LogP contribution in [0, 0.1) is 0 Å². The smallest absolute Gasteiger partial charge is 0.0684 e. The van der Waals surface area contributed by atoms with Gasteiger partial charge in [0.05, 0.1) is 6.61 Å². The van der Waals surface area contributed by atoms with Gasteiger partial charge in [0, 0.05) is 0 Å². The minimum absolute atomic E-state index is 0.147. The number of hydrogen-bond acceptors (Lipinski definition) is 3. The largest absolute Gasteiger partial charge is 0.392 e. The van der Waals surface area contributed by atoms with Gasteiger partial charge < -0.3 is 5.11 Å². The van der Waals surface area contributed by atoms with E-state index in [1.165, 1.54) is 11.1 Å². The molecule has 92 valence electrons. The molecule has 0 aromatic heterocycles. The van der Waals surface area contributed by atoms with Crippen LogP contribution in [0.25, 0.3) is 0 Å². The summed E-state index contributed by atoms with van der Waals surface area (Å²) in [6, 6.07) is 6.22. The summed E-state index contributed by atoms with van der Waals surface area (Å²) in [6.07, 6.45) is 0. The van der Waals surface area contributed by atoms with Crippen LogP contribution >= 0.6 is 0 Å². The fourth-order valence-corrected chi connectivity index (χ4v) is 1.98. The second kappa shape index (κ2) is 7.39. The summed E-state index contributed by atoms with van der Waals surface area (Å²) in [6.45, 7) is 8.90. The Labute approximate surface area is 97.3 Å². The lowest BCUT2D eigenvalue weighted by molar-refractivity contribution is -0.176. The highest BCUT2D eigenvalue weighted by molar-refractivity contribution is 5.39. The van der Waals surface area contributed by atoms with Crippen molar-refractivity contribution in [1.29, 1.82) is 0 Å². The van der Waals surface area contributed by atoms with Gasteiger partial charge in [0.15, 0.2) is 0 Å². The van der Waals surface area contributed by atoms with Crippen molar-refractivity contribution in [2.45, 2.75) is 46.1 Å². The molecule has 0 heterocycles. The molecule has 3 nitrogen and oxygen atoms in total. The van der Waals surface area contributed by atoms with Crippen LogP contribution in [-0.2, 0) is 6.61 Å². The molecule has 3 heteroatoms. The molecule has 0 aliphatic rings. The highest BCUT2D eigenvalue weighted by Crippen LogP contribution is 2.29. The van der Waals surface area contributed by atoms with Crippen molar-refractivity contribution in [3.63, 3.8) is 0 Å². The maximum Gasteiger partial charge on any atom is 0.0684 e. The molecule has 0 amide bonds. The van der Waals surface area contributed by atoms with E-state index in [4.69, 9.17) is 10.5 Å². The summed E-state index contributed by atoms with van der Waals surface area (Å²) in [5.41, 5.74) is 3.77. The minimum atomic E-state index is 0.147. The molecule has 1 aromatic rings. The summed E-state index contributed by atoms with van der Waals surface area (Å²) in [7, 11) is 0. The summed E-state index contributed by atoms with van der Waals surface area (Å²) in [5, 5.41) is 21.3. The molecule has 3 N–H and O–H groups in total. The fourth-order valence-electron chi connectivity index (χ4n) is 1.98. The Hall–Kier alpha value is -0.900. The van der Waals surface area contributed by atoms with Gasteiger partial charge in [-0.05, 0) is 28.5 Å². The molecule has 0 radical (unpaired) electrons. The Kier molecular flexibility index (Phi) is 6.97. The van der Waals surface area contributed by atoms with Crippen LogP contribution in [0.15, 0.2) is 18.2 Å². The van der Waals surface area contributed by atoms with Crippen molar-refractivity contribution in [1.82, 2.24) is 0 Å². The standard InChI is InChI=1S/C13H20O.H2O2/c1-9(2)12-7-5-6-11(8-14)13(12)10(3)4;1-2/h5-7,9-10,14H,8H2,1-4H3;1-2H. The first-order valence-electron chi connectivity index (χ1n) is 5.50. The summed E-state index contributed by atoms with van der Waals surface area (Å²) in [5.74, 6) is 1.01. The predicted octanol–water partition coefficient (Wildman–Crippen LogP) is 3.44. The molecule has 1 aromatic carbocycles. The normalized spacial score (nSPS) is 10.3. The van der Waals surface area contributed by atoms with Crippen LogP contribution in [0.4, 0.5) is 0 Å². The molecular weight excluding hydrogens is 204 g/mol. The van der Waals surface area contributed by atoms with E-state index in [1.54, 1.807) is 0 Å². The number of benzene rings is 1. The highest BCUT2D eigenvalue weighted by atomic mass is 17.0. The maximum atomic E-state index is 9.27. The van der Waals surface area contributed by atoms with Crippen molar-refractivity contribution in [2.24, 2.45) is 0 Å². The lowest BCUT2D eigenvalue weighted by Crippen LogP contribution is -2.03. The van der Waals surface area contributed by atoms with E-state index < -0.39 is 0 Å². The van der Waals surface area contributed by atoms with Gasteiger partial charge in [-0.15, -0.1) is 0 Å². The van der Waals surface area contributed by atoms with Gasteiger partial charge in [-0.3, -0.25) is 10.5 Å². The van der Waals surface area contributed by atoms with E-state index in [1.807, 2.05) is 12.1 Å². The van der Waals surface area contributed by atoms with Gasteiger partial charge in [-0.25, -0.2) is 0 Å². The Bertz CT molecular complexity index is 306. The lowest BCUT2D eigenvalue weighted by atomic mass is 9.87. The number of hydrogen-bond donors (Lipinski definition) is 3. The molecular formula is C13H22O3. The zero-order valence-electron chi connectivity index (χ0n) is 10.4.